The number of amides is 1. The second-order valence-corrected chi connectivity index (χ2v) is 7.36. The summed E-state index contributed by atoms with van der Waals surface area (Å²) in [6.45, 7) is 3.21. The average molecular weight is 359 g/mol. The highest BCUT2D eigenvalue weighted by atomic mass is 32.1. The highest BCUT2D eigenvalue weighted by Gasteiger charge is 2.19. The molecule has 1 saturated heterocycles. The number of thiazole rings is 1. The summed E-state index contributed by atoms with van der Waals surface area (Å²) in [7, 11) is 0. The molecule has 0 radical (unpaired) electrons. The molecule has 0 unspecified atom stereocenters. The second-order valence-electron chi connectivity index (χ2n) is 6.30. The van der Waals surface area contributed by atoms with Crippen molar-refractivity contribution in [2.45, 2.75) is 25.2 Å². The fourth-order valence-corrected chi connectivity index (χ4v) is 4.19. The van der Waals surface area contributed by atoms with E-state index in [0.29, 0.717) is 36.4 Å². The van der Waals surface area contributed by atoms with Crippen LogP contribution in [0, 0.1) is 0 Å². The number of benzene rings is 1. The maximum Gasteiger partial charge on any atom is 0.230 e. The second kappa shape index (κ2) is 7.41. The third-order valence-electron chi connectivity index (χ3n) is 4.48. The van der Waals surface area contributed by atoms with Gasteiger partial charge < -0.3 is 20.1 Å². The molecule has 1 aromatic heterocycles. The number of piperidine rings is 1. The predicted molar refractivity (Wildman–Crippen MR) is 96.7 cm³/mol. The fraction of sp³-hybridized carbons (Fsp3) is 0.444. The Labute approximate surface area is 150 Å². The van der Waals surface area contributed by atoms with Crippen LogP contribution >= 0.6 is 11.3 Å². The number of carbonyl (C=O) groups excluding carboxylic acids is 1. The van der Waals surface area contributed by atoms with Crippen LogP contribution < -0.4 is 20.1 Å². The number of nitrogens with one attached hydrogen (secondary N) is 2. The first kappa shape index (κ1) is 16.4. The summed E-state index contributed by atoms with van der Waals surface area (Å²) in [6, 6.07) is 5.63. The number of hydrogen-bond donors (Lipinski definition) is 2. The van der Waals surface area contributed by atoms with Crippen LogP contribution in [0.3, 0.4) is 0 Å². The van der Waals surface area contributed by atoms with E-state index in [4.69, 9.17) is 9.47 Å². The molecule has 25 heavy (non-hydrogen) atoms. The van der Waals surface area contributed by atoms with Gasteiger partial charge >= 0.3 is 0 Å². The monoisotopic (exact) mass is 359 g/mol. The zero-order valence-electron chi connectivity index (χ0n) is 13.9. The topological polar surface area (TPSA) is 72.5 Å². The molecule has 2 N–H and O–H groups in total. The molecule has 1 fully saturated rings. The van der Waals surface area contributed by atoms with Crippen LogP contribution in [0.1, 0.15) is 29.2 Å². The van der Waals surface area contributed by atoms with Crippen molar-refractivity contribution in [3.63, 3.8) is 0 Å². The van der Waals surface area contributed by atoms with Crippen LogP contribution in [0.15, 0.2) is 24.4 Å². The van der Waals surface area contributed by atoms with Crippen molar-refractivity contribution in [3.8, 4) is 11.5 Å². The van der Waals surface area contributed by atoms with E-state index in [9.17, 15) is 4.79 Å². The van der Waals surface area contributed by atoms with Gasteiger partial charge in [0.25, 0.3) is 0 Å². The molecule has 3 heterocycles. The molecule has 4 rings (SSSR count). The molecule has 0 aliphatic carbocycles. The van der Waals surface area contributed by atoms with Crippen molar-refractivity contribution in [2.24, 2.45) is 0 Å². The van der Waals surface area contributed by atoms with Gasteiger partial charge in [0.2, 0.25) is 5.91 Å². The van der Waals surface area contributed by atoms with Crippen LogP contribution in [0.25, 0.3) is 0 Å². The average Bonchev–Trinajstić information content (AvgIpc) is 3.10. The van der Waals surface area contributed by atoms with E-state index in [0.717, 1.165) is 37.2 Å². The van der Waals surface area contributed by atoms with Gasteiger partial charge in [-0.1, -0.05) is 6.07 Å². The third-order valence-corrected chi connectivity index (χ3v) is 5.56. The zero-order chi connectivity index (χ0) is 17.1. The fourth-order valence-electron chi connectivity index (χ4n) is 3.19. The molecule has 1 aromatic carbocycles. The quantitative estimate of drug-likeness (QED) is 0.878. The van der Waals surface area contributed by atoms with E-state index in [2.05, 4.69) is 15.6 Å². The Balaban J connectivity index is 1.36. The van der Waals surface area contributed by atoms with Gasteiger partial charge in [0.05, 0.1) is 6.42 Å². The van der Waals surface area contributed by atoms with Gasteiger partial charge in [-0.25, -0.2) is 4.98 Å². The van der Waals surface area contributed by atoms with E-state index in [-0.39, 0.29) is 5.91 Å². The molecule has 7 heteroatoms. The number of anilines is 1. The number of aromatic nitrogens is 1. The molecule has 2 aliphatic rings. The van der Waals surface area contributed by atoms with E-state index in [1.54, 1.807) is 11.3 Å². The normalized spacial score (nSPS) is 17.3. The van der Waals surface area contributed by atoms with Crippen LogP contribution in [0.5, 0.6) is 11.5 Å². The van der Waals surface area contributed by atoms with Gasteiger partial charge in [-0.15, -0.1) is 11.3 Å². The smallest absolute Gasteiger partial charge is 0.230 e. The van der Waals surface area contributed by atoms with Crippen molar-refractivity contribution in [3.05, 3.63) is 34.8 Å². The molecule has 2 aromatic rings. The van der Waals surface area contributed by atoms with Crippen molar-refractivity contribution < 1.29 is 14.3 Å². The lowest BCUT2D eigenvalue weighted by atomic mass is 9.97. The molecule has 132 valence electrons. The number of hydrogen-bond acceptors (Lipinski definition) is 6. The maximum atomic E-state index is 12.3. The standard InChI is InChI=1S/C18H21N3O3S/c22-17(10-12-1-2-14-15(9-12)24-8-7-23-14)21-18-20-11-16(25-18)13-3-5-19-6-4-13/h1-2,9,11,13,19H,3-8,10H2,(H,20,21,22). The van der Waals surface area contributed by atoms with Crippen LogP contribution in [0.2, 0.25) is 0 Å². The van der Waals surface area contributed by atoms with Crippen LogP contribution in [-0.4, -0.2) is 37.2 Å². The minimum Gasteiger partial charge on any atom is -0.486 e. The van der Waals surface area contributed by atoms with Gasteiger partial charge in [0.1, 0.15) is 13.2 Å². The van der Waals surface area contributed by atoms with Crippen molar-refractivity contribution in [1.29, 1.82) is 0 Å². The Bertz CT molecular complexity index is 756. The number of fused-ring (bicyclic) bond motifs is 1. The number of rotatable bonds is 4. The largest absolute Gasteiger partial charge is 0.486 e. The first-order valence-electron chi connectivity index (χ1n) is 8.63. The number of carbonyl (C=O) groups is 1. The maximum absolute atomic E-state index is 12.3. The summed E-state index contributed by atoms with van der Waals surface area (Å²) in [5.74, 6) is 1.94. The minimum atomic E-state index is -0.0668. The number of nitrogens with zero attached hydrogens (tertiary/aromatic N) is 1. The molecular formula is C18H21N3O3S. The van der Waals surface area contributed by atoms with E-state index >= 15 is 0 Å². The number of ether oxygens (including phenoxy) is 2. The van der Waals surface area contributed by atoms with E-state index < -0.39 is 0 Å². The lowest BCUT2D eigenvalue weighted by molar-refractivity contribution is -0.115. The summed E-state index contributed by atoms with van der Waals surface area (Å²) in [5.41, 5.74) is 0.900. The Morgan fingerprint density at radius 3 is 2.88 bits per heavy atom. The lowest BCUT2D eigenvalue weighted by Gasteiger charge is -2.20. The Kier molecular flexibility index (Phi) is 4.85. The summed E-state index contributed by atoms with van der Waals surface area (Å²) in [5, 5.41) is 6.96. The van der Waals surface area contributed by atoms with Crippen LogP contribution in [0.4, 0.5) is 5.13 Å². The lowest BCUT2D eigenvalue weighted by Crippen LogP contribution is -2.26. The van der Waals surface area contributed by atoms with Gasteiger partial charge in [0, 0.05) is 11.1 Å². The highest BCUT2D eigenvalue weighted by Crippen LogP contribution is 2.32. The van der Waals surface area contributed by atoms with Crippen molar-refractivity contribution in [1.82, 2.24) is 10.3 Å². The summed E-state index contributed by atoms with van der Waals surface area (Å²) in [6.07, 6.45) is 4.46. The van der Waals surface area contributed by atoms with Gasteiger partial charge in [-0.05, 0) is 49.5 Å². The summed E-state index contributed by atoms with van der Waals surface area (Å²) < 4.78 is 11.1. The summed E-state index contributed by atoms with van der Waals surface area (Å²) >= 11 is 1.59. The first-order valence-corrected chi connectivity index (χ1v) is 9.44. The van der Waals surface area contributed by atoms with E-state index in [1.165, 1.54) is 4.88 Å². The molecule has 6 nitrogen and oxygen atoms in total. The first-order chi connectivity index (χ1) is 12.3. The van der Waals surface area contributed by atoms with Crippen molar-refractivity contribution in [2.75, 3.05) is 31.6 Å². The molecule has 0 atom stereocenters. The molecular weight excluding hydrogens is 338 g/mol. The SMILES string of the molecule is O=C(Cc1ccc2c(c1)OCCO2)Nc1ncc(C2CCNCC2)s1. The molecule has 2 aliphatic heterocycles. The van der Waals surface area contributed by atoms with Crippen molar-refractivity contribution >= 4 is 22.4 Å². The third kappa shape index (κ3) is 3.93. The van der Waals surface area contributed by atoms with Gasteiger partial charge in [-0.3, -0.25) is 4.79 Å². The van der Waals surface area contributed by atoms with Gasteiger partial charge in [-0.2, -0.15) is 0 Å². The predicted octanol–water partition coefficient (Wildman–Crippen LogP) is 2.56. The highest BCUT2D eigenvalue weighted by molar-refractivity contribution is 7.15. The Hall–Kier alpha value is -2.12. The zero-order valence-corrected chi connectivity index (χ0v) is 14.7. The van der Waals surface area contributed by atoms with E-state index in [1.807, 2.05) is 24.4 Å². The Morgan fingerprint density at radius 2 is 2.04 bits per heavy atom. The molecule has 1 amide bonds. The Morgan fingerprint density at radius 1 is 1.24 bits per heavy atom. The molecule has 0 spiro atoms. The minimum absolute atomic E-state index is 0.0668. The molecule has 0 saturated carbocycles. The van der Waals surface area contributed by atoms with Crippen LogP contribution in [-0.2, 0) is 11.2 Å². The van der Waals surface area contributed by atoms with Gasteiger partial charge in [0.15, 0.2) is 16.6 Å². The summed E-state index contributed by atoms with van der Waals surface area (Å²) in [4.78, 5) is 17.9. The molecule has 0 bridgehead atoms.